The first-order chi connectivity index (χ1) is 13.7. The molecule has 10 nitrogen and oxygen atoms in total. The van der Waals surface area contributed by atoms with Crippen LogP contribution >= 0.6 is 0 Å². The lowest BCUT2D eigenvalue weighted by molar-refractivity contribution is 0.0482. The summed E-state index contributed by atoms with van der Waals surface area (Å²) in [6.45, 7) is 4.62. The van der Waals surface area contributed by atoms with Gasteiger partial charge >= 0.3 is 5.97 Å². The minimum atomic E-state index is -0.577. The van der Waals surface area contributed by atoms with Crippen LogP contribution in [0.5, 0.6) is 0 Å². The molecule has 1 amide bonds. The van der Waals surface area contributed by atoms with E-state index in [9.17, 15) is 9.59 Å². The minimum Gasteiger partial charge on any atom is -0.461 e. The van der Waals surface area contributed by atoms with Gasteiger partial charge in [0.25, 0.3) is 5.91 Å². The first kappa shape index (κ1) is 20.0. The van der Waals surface area contributed by atoms with Gasteiger partial charge in [-0.15, -0.1) is 0 Å². The summed E-state index contributed by atoms with van der Waals surface area (Å²) >= 11 is 0. The van der Waals surface area contributed by atoms with Gasteiger partial charge in [-0.25, -0.2) is 9.42 Å². The van der Waals surface area contributed by atoms with Gasteiger partial charge in [0.15, 0.2) is 0 Å². The summed E-state index contributed by atoms with van der Waals surface area (Å²) < 4.78 is 17.0. The zero-order valence-corrected chi connectivity index (χ0v) is 16.0. The number of carbonyl (C=O) groups excluding carboxylic acids is 2. The summed E-state index contributed by atoms with van der Waals surface area (Å²) in [7, 11) is 0. The second kappa shape index (κ2) is 9.98. The number of hydrogen-bond donors (Lipinski definition) is 1. The van der Waals surface area contributed by atoms with Crippen molar-refractivity contribution >= 4 is 11.9 Å². The number of nitrogens with one attached hydrogen (secondary N) is 1. The first-order valence-corrected chi connectivity index (χ1v) is 9.60. The molecule has 152 valence electrons. The zero-order valence-electron chi connectivity index (χ0n) is 16.0. The molecule has 2 aromatic heterocycles. The third-order valence-electron chi connectivity index (χ3n) is 4.46. The number of aromatic nitrogens is 4. The van der Waals surface area contributed by atoms with Gasteiger partial charge in [0.05, 0.1) is 23.6 Å². The summed E-state index contributed by atoms with van der Waals surface area (Å²) in [6.07, 6.45) is 4.77. The molecule has 0 bridgehead atoms. The molecule has 28 heavy (non-hydrogen) atoms. The van der Waals surface area contributed by atoms with Gasteiger partial charge in [0.1, 0.15) is 6.20 Å². The number of esters is 1. The van der Waals surface area contributed by atoms with E-state index >= 15 is 0 Å². The summed E-state index contributed by atoms with van der Waals surface area (Å²) in [6, 6.07) is 0. The Kier molecular flexibility index (Phi) is 7.12. The Morgan fingerprint density at radius 2 is 2.21 bits per heavy atom. The zero-order chi connectivity index (χ0) is 19.8. The van der Waals surface area contributed by atoms with E-state index in [-0.39, 0.29) is 18.2 Å². The number of nitrogens with zero attached hydrogens (tertiary/aromatic N) is 4. The van der Waals surface area contributed by atoms with Gasteiger partial charge in [-0.2, -0.15) is 5.10 Å². The Morgan fingerprint density at radius 3 is 3.00 bits per heavy atom. The highest BCUT2D eigenvalue weighted by atomic mass is 16.6. The predicted molar refractivity (Wildman–Crippen MR) is 96.9 cm³/mol. The average Bonchev–Trinajstić information content (AvgIpc) is 3.34. The molecule has 0 unspecified atom stereocenters. The van der Waals surface area contributed by atoms with Crippen LogP contribution in [0.25, 0.3) is 0 Å². The molecule has 0 radical (unpaired) electrons. The maximum atomic E-state index is 12.7. The van der Waals surface area contributed by atoms with E-state index in [1.54, 1.807) is 0 Å². The van der Waals surface area contributed by atoms with Crippen molar-refractivity contribution in [1.29, 1.82) is 0 Å². The van der Waals surface area contributed by atoms with Gasteiger partial charge in [-0.1, -0.05) is 12.1 Å². The van der Waals surface area contributed by atoms with Gasteiger partial charge in [-0.3, -0.25) is 9.48 Å². The van der Waals surface area contributed by atoms with Crippen LogP contribution in [0.15, 0.2) is 10.8 Å². The number of ether oxygens (including phenoxy) is 2. The van der Waals surface area contributed by atoms with Crippen LogP contribution in [-0.2, 0) is 28.9 Å². The van der Waals surface area contributed by atoms with E-state index in [0.717, 1.165) is 24.2 Å². The van der Waals surface area contributed by atoms with Crippen LogP contribution in [0.4, 0.5) is 0 Å². The van der Waals surface area contributed by atoms with Crippen molar-refractivity contribution in [2.24, 2.45) is 0 Å². The summed E-state index contributed by atoms with van der Waals surface area (Å²) in [5.74, 6) is -0.656. The van der Waals surface area contributed by atoms with Crippen molar-refractivity contribution in [3.8, 4) is 0 Å². The number of fused-ring (bicyclic) bond motifs is 1. The molecular formula is C18H25N5O5. The van der Waals surface area contributed by atoms with E-state index in [1.165, 1.54) is 6.20 Å². The Labute approximate surface area is 162 Å². The molecule has 3 rings (SSSR count). The van der Waals surface area contributed by atoms with E-state index in [4.69, 9.17) is 9.47 Å². The van der Waals surface area contributed by atoms with Gasteiger partial charge in [-0.05, 0) is 30.8 Å². The molecule has 10 heteroatoms. The highest BCUT2D eigenvalue weighted by molar-refractivity contribution is 5.96. The number of aryl methyl sites for hydroxylation is 2. The van der Waals surface area contributed by atoms with E-state index in [0.29, 0.717) is 51.1 Å². The molecule has 0 atom stereocenters. The smallest absolute Gasteiger partial charge is 0.362 e. The maximum Gasteiger partial charge on any atom is 0.362 e. The molecule has 1 N–H and O–H groups in total. The molecule has 1 aliphatic rings. The van der Waals surface area contributed by atoms with Gasteiger partial charge in [0, 0.05) is 32.7 Å². The van der Waals surface area contributed by atoms with Crippen molar-refractivity contribution in [2.45, 2.75) is 45.6 Å². The van der Waals surface area contributed by atoms with Crippen LogP contribution in [0.2, 0.25) is 0 Å². The Morgan fingerprint density at radius 1 is 1.36 bits per heavy atom. The Bertz CT molecular complexity index is 787. The van der Waals surface area contributed by atoms with Crippen molar-refractivity contribution in [3.05, 3.63) is 28.8 Å². The molecule has 0 aliphatic carbocycles. The van der Waals surface area contributed by atoms with Crippen LogP contribution < -0.4 is 5.32 Å². The monoisotopic (exact) mass is 391 g/mol. The highest BCUT2D eigenvalue weighted by Crippen LogP contribution is 2.19. The van der Waals surface area contributed by atoms with Crippen molar-refractivity contribution in [2.75, 3.05) is 26.4 Å². The fourth-order valence-electron chi connectivity index (χ4n) is 3.12. The fourth-order valence-corrected chi connectivity index (χ4v) is 3.12. The van der Waals surface area contributed by atoms with Crippen molar-refractivity contribution in [1.82, 2.24) is 25.4 Å². The Hall–Kier alpha value is -2.75. The number of carbonyl (C=O) groups is 2. The fraction of sp³-hybridized carbons (Fsp3) is 0.611. The van der Waals surface area contributed by atoms with Crippen molar-refractivity contribution in [3.63, 3.8) is 0 Å². The van der Waals surface area contributed by atoms with E-state index in [1.807, 2.05) is 11.6 Å². The third kappa shape index (κ3) is 4.94. The Balaban J connectivity index is 1.66. The lowest BCUT2D eigenvalue weighted by Crippen LogP contribution is -2.26. The third-order valence-corrected chi connectivity index (χ3v) is 4.46. The highest BCUT2D eigenvalue weighted by Gasteiger charge is 2.23. The van der Waals surface area contributed by atoms with Crippen molar-refractivity contribution < 1.29 is 23.7 Å². The molecule has 0 spiro atoms. The lowest BCUT2D eigenvalue weighted by atomic mass is 10.1. The summed E-state index contributed by atoms with van der Waals surface area (Å²) in [5.41, 5.74) is 2.41. The number of amides is 1. The molecule has 0 saturated heterocycles. The largest absolute Gasteiger partial charge is 0.461 e. The molecular weight excluding hydrogens is 366 g/mol. The van der Waals surface area contributed by atoms with Crippen LogP contribution in [-0.4, -0.2) is 58.3 Å². The lowest BCUT2D eigenvalue weighted by Gasteiger charge is -2.09. The standard InChI is InChI=1S/C18H25N5O5/c1-2-13-16-15(6-3-9-26-10-4-7-19-17(16)24)23(21-13)8-5-11-27-18(25)14-12-20-28-22-14/h12H,2-11H2,1H3,(H,19,24). The summed E-state index contributed by atoms with van der Waals surface area (Å²) in [5, 5.41) is 14.4. The SMILES string of the molecule is CCc1nn(CCCOC(=O)c2cnon2)c2c1C(=O)NCCCOCCC2. The summed E-state index contributed by atoms with van der Waals surface area (Å²) in [4.78, 5) is 24.4. The van der Waals surface area contributed by atoms with Crippen LogP contribution in [0.3, 0.4) is 0 Å². The molecule has 0 saturated carbocycles. The molecule has 2 aromatic rings. The van der Waals surface area contributed by atoms with E-state index < -0.39 is 5.97 Å². The molecule has 3 heterocycles. The maximum absolute atomic E-state index is 12.7. The molecule has 0 aromatic carbocycles. The minimum absolute atomic E-state index is 0.0394. The van der Waals surface area contributed by atoms with Gasteiger partial charge in [0.2, 0.25) is 5.69 Å². The van der Waals surface area contributed by atoms with Crippen LogP contribution in [0, 0.1) is 0 Å². The van der Waals surface area contributed by atoms with Gasteiger partial charge < -0.3 is 14.8 Å². The average molecular weight is 391 g/mol. The molecule has 0 fully saturated rings. The van der Waals surface area contributed by atoms with E-state index in [2.05, 4.69) is 25.4 Å². The molecule has 1 aliphatic heterocycles. The second-order valence-electron chi connectivity index (χ2n) is 6.45. The number of rotatable bonds is 6. The predicted octanol–water partition coefficient (Wildman–Crippen LogP) is 1.16. The quantitative estimate of drug-likeness (QED) is 0.575. The second-order valence-corrected chi connectivity index (χ2v) is 6.45. The normalized spacial score (nSPS) is 15.4. The first-order valence-electron chi connectivity index (χ1n) is 9.60. The topological polar surface area (TPSA) is 121 Å². The number of hydrogen-bond acceptors (Lipinski definition) is 8. The van der Waals surface area contributed by atoms with Crippen LogP contribution in [0.1, 0.15) is 58.4 Å².